The van der Waals surface area contributed by atoms with Crippen LogP contribution in [0.1, 0.15) is 56.9 Å². The fraction of sp³-hybridized carbons (Fsp3) is 0.800. The van der Waals surface area contributed by atoms with Crippen molar-refractivity contribution in [3.8, 4) is 0 Å². The average molecular weight is 427 g/mol. The van der Waals surface area contributed by atoms with Crippen molar-refractivity contribution in [2.75, 3.05) is 32.7 Å². The lowest BCUT2D eigenvalue weighted by Crippen LogP contribution is -2.46. The number of rotatable bonds is 7. The van der Waals surface area contributed by atoms with Crippen LogP contribution in [0.2, 0.25) is 0 Å². The Labute approximate surface area is 174 Å². The number of carbonyl (C=O) groups is 1. The topological polar surface area (TPSA) is 95.8 Å². The number of hydrogen-bond donors (Lipinski definition) is 1. The lowest BCUT2D eigenvalue weighted by atomic mass is 9.99. The van der Waals surface area contributed by atoms with Crippen molar-refractivity contribution in [1.29, 1.82) is 0 Å². The van der Waals surface area contributed by atoms with E-state index in [1.807, 2.05) is 0 Å². The molecule has 0 aliphatic carbocycles. The Morgan fingerprint density at radius 2 is 2.00 bits per heavy atom. The molecule has 2 aliphatic rings. The van der Waals surface area contributed by atoms with Gasteiger partial charge in [0, 0.05) is 32.2 Å². The van der Waals surface area contributed by atoms with Crippen LogP contribution in [-0.2, 0) is 14.8 Å². The van der Waals surface area contributed by atoms with E-state index in [1.54, 1.807) is 13.8 Å². The molecule has 1 aromatic rings. The molecule has 9 heteroatoms. The van der Waals surface area contributed by atoms with Crippen LogP contribution in [0.4, 0.5) is 0 Å². The third-order valence-electron chi connectivity index (χ3n) is 6.18. The van der Waals surface area contributed by atoms with Crippen molar-refractivity contribution in [3.63, 3.8) is 0 Å². The molecular weight excluding hydrogens is 392 g/mol. The molecule has 1 amide bonds. The van der Waals surface area contributed by atoms with E-state index < -0.39 is 10.0 Å². The quantitative estimate of drug-likeness (QED) is 0.671. The summed E-state index contributed by atoms with van der Waals surface area (Å²) < 4.78 is 32.5. The van der Waals surface area contributed by atoms with Gasteiger partial charge in [0.25, 0.3) is 0 Å². The smallest absolute Gasteiger partial charge is 0.248 e. The van der Waals surface area contributed by atoms with Crippen molar-refractivity contribution in [2.45, 2.75) is 70.2 Å². The molecule has 0 saturated carbocycles. The first-order chi connectivity index (χ1) is 13.8. The van der Waals surface area contributed by atoms with E-state index in [9.17, 15) is 13.2 Å². The van der Waals surface area contributed by atoms with Gasteiger partial charge in [-0.3, -0.25) is 4.79 Å². The Morgan fingerprint density at radius 1 is 1.21 bits per heavy atom. The maximum atomic E-state index is 13.0. The van der Waals surface area contributed by atoms with Crippen molar-refractivity contribution >= 4 is 15.9 Å². The summed E-state index contributed by atoms with van der Waals surface area (Å²) in [6.45, 7) is 8.91. The van der Waals surface area contributed by atoms with Crippen LogP contribution >= 0.6 is 0 Å². The molecular formula is C20H34N4O4S. The Bertz CT molecular complexity index is 788. The van der Waals surface area contributed by atoms with Gasteiger partial charge in [0.1, 0.15) is 10.6 Å². The molecule has 2 fully saturated rings. The molecule has 2 saturated heterocycles. The van der Waals surface area contributed by atoms with Crippen LogP contribution in [0.25, 0.3) is 0 Å². The highest BCUT2D eigenvalue weighted by atomic mass is 32.2. The Morgan fingerprint density at radius 3 is 2.69 bits per heavy atom. The van der Waals surface area contributed by atoms with E-state index in [0.717, 1.165) is 19.5 Å². The molecule has 0 aromatic carbocycles. The van der Waals surface area contributed by atoms with E-state index in [4.69, 9.17) is 4.52 Å². The molecule has 3 rings (SSSR count). The summed E-state index contributed by atoms with van der Waals surface area (Å²) in [5.74, 6) is -0.0655. The highest BCUT2D eigenvalue weighted by Crippen LogP contribution is 2.27. The molecule has 0 spiro atoms. The SMILES string of the molecule is Cc1noc(C)c1S(=O)(=O)N1CCCC(C(=O)NCCCN2CCCCC2C)C1. The molecule has 8 nitrogen and oxygen atoms in total. The van der Waals surface area contributed by atoms with Gasteiger partial charge in [-0.05, 0) is 59.4 Å². The number of likely N-dealkylation sites (tertiary alicyclic amines) is 1. The van der Waals surface area contributed by atoms with E-state index in [2.05, 4.69) is 22.3 Å². The second kappa shape index (κ2) is 9.57. The number of aryl methyl sites for hydroxylation is 2. The van der Waals surface area contributed by atoms with Crippen LogP contribution in [0.15, 0.2) is 9.42 Å². The fourth-order valence-corrected chi connectivity index (χ4v) is 6.29. The summed E-state index contributed by atoms with van der Waals surface area (Å²) in [5, 5.41) is 6.78. The third kappa shape index (κ3) is 5.19. The van der Waals surface area contributed by atoms with Crippen LogP contribution < -0.4 is 5.32 Å². The zero-order chi connectivity index (χ0) is 21.0. The lowest BCUT2D eigenvalue weighted by Gasteiger charge is -2.33. The summed E-state index contributed by atoms with van der Waals surface area (Å²) in [4.78, 5) is 15.3. The summed E-state index contributed by atoms with van der Waals surface area (Å²) >= 11 is 0. The second-order valence-electron chi connectivity index (χ2n) is 8.38. The normalized spacial score (nSPS) is 24.5. The molecule has 3 heterocycles. The van der Waals surface area contributed by atoms with Crippen molar-refractivity contribution < 1.29 is 17.7 Å². The van der Waals surface area contributed by atoms with Gasteiger partial charge in [-0.1, -0.05) is 11.6 Å². The molecule has 2 atom stereocenters. The number of nitrogens with one attached hydrogen (secondary N) is 1. The predicted octanol–water partition coefficient (Wildman–Crippen LogP) is 2.07. The van der Waals surface area contributed by atoms with E-state index in [0.29, 0.717) is 43.4 Å². The number of carbonyl (C=O) groups excluding carboxylic acids is 1. The maximum absolute atomic E-state index is 13.0. The van der Waals surface area contributed by atoms with Gasteiger partial charge < -0.3 is 14.7 Å². The van der Waals surface area contributed by atoms with Crippen LogP contribution in [0, 0.1) is 19.8 Å². The van der Waals surface area contributed by atoms with Gasteiger partial charge in [0.2, 0.25) is 15.9 Å². The molecule has 29 heavy (non-hydrogen) atoms. The van der Waals surface area contributed by atoms with E-state index >= 15 is 0 Å². The number of piperidine rings is 2. The summed E-state index contributed by atoms with van der Waals surface area (Å²) in [5.41, 5.74) is 0.362. The molecule has 2 aliphatic heterocycles. The summed E-state index contributed by atoms with van der Waals surface area (Å²) in [6.07, 6.45) is 6.12. The minimum atomic E-state index is -3.70. The number of aromatic nitrogens is 1. The molecule has 2 unspecified atom stereocenters. The first kappa shape index (κ1) is 22.2. The van der Waals surface area contributed by atoms with Gasteiger partial charge in [-0.25, -0.2) is 8.42 Å². The Balaban J connectivity index is 1.50. The van der Waals surface area contributed by atoms with Gasteiger partial charge in [-0.15, -0.1) is 0 Å². The molecule has 0 bridgehead atoms. The first-order valence-electron chi connectivity index (χ1n) is 10.8. The van der Waals surface area contributed by atoms with Crippen LogP contribution in [0.3, 0.4) is 0 Å². The lowest BCUT2D eigenvalue weighted by molar-refractivity contribution is -0.126. The van der Waals surface area contributed by atoms with Gasteiger partial charge >= 0.3 is 0 Å². The third-order valence-corrected chi connectivity index (χ3v) is 8.29. The van der Waals surface area contributed by atoms with Gasteiger partial charge in [-0.2, -0.15) is 4.31 Å². The summed E-state index contributed by atoms with van der Waals surface area (Å²) in [6, 6.07) is 0.626. The fourth-order valence-electron chi connectivity index (χ4n) is 4.47. The predicted molar refractivity (Wildman–Crippen MR) is 110 cm³/mol. The minimum absolute atomic E-state index is 0.0460. The van der Waals surface area contributed by atoms with E-state index in [-0.39, 0.29) is 23.3 Å². The summed E-state index contributed by atoms with van der Waals surface area (Å²) in [7, 11) is -3.70. The number of nitrogens with zero attached hydrogens (tertiary/aromatic N) is 3. The molecule has 0 radical (unpaired) electrons. The number of sulfonamides is 1. The second-order valence-corrected chi connectivity index (χ2v) is 10.3. The largest absolute Gasteiger partial charge is 0.360 e. The zero-order valence-electron chi connectivity index (χ0n) is 17.8. The minimum Gasteiger partial charge on any atom is -0.360 e. The Hall–Kier alpha value is -1.45. The molecule has 1 N–H and O–H groups in total. The highest BCUT2D eigenvalue weighted by Gasteiger charge is 2.36. The number of amides is 1. The monoisotopic (exact) mass is 426 g/mol. The maximum Gasteiger partial charge on any atom is 0.248 e. The van der Waals surface area contributed by atoms with Crippen molar-refractivity contribution in [1.82, 2.24) is 19.7 Å². The average Bonchev–Trinajstić information content (AvgIpc) is 3.05. The zero-order valence-corrected chi connectivity index (χ0v) is 18.6. The Kier molecular flexibility index (Phi) is 7.34. The molecule has 1 aromatic heterocycles. The van der Waals surface area contributed by atoms with E-state index in [1.165, 1.54) is 23.6 Å². The van der Waals surface area contributed by atoms with Crippen molar-refractivity contribution in [2.24, 2.45) is 5.92 Å². The van der Waals surface area contributed by atoms with Crippen molar-refractivity contribution in [3.05, 3.63) is 11.5 Å². The number of hydrogen-bond acceptors (Lipinski definition) is 6. The van der Waals surface area contributed by atoms with Crippen LogP contribution in [-0.4, -0.2) is 67.5 Å². The van der Waals surface area contributed by atoms with Crippen LogP contribution in [0.5, 0.6) is 0 Å². The standard InChI is InChI=1S/C20H34N4O4S/c1-15-8-4-5-11-23(15)12-7-10-21-20(25)18-9-6-13-24(14-18)29(26,27)19-16(2)22-28-17(19)3/h15,18H,4-14H2,1-3H3,(H,21,25). The van der Waals surface area contributed by atoms with Gasteiger partial charge in [0.05, 0.1) is 5.92 Å². The first-order valence-corrected chi connectivity index (χ1v) is 12.2. The highest BCUT2D eigenvalue weighted by molar-refractivity contribution is 7.89. The molecule has 164 valence electrons. The van der Waals surface area contributed by atoms with Gasteiger partial charge in [0.15, 0.2) is 5.76 Å².